The van der Waals surface area contributed by atoms with Crippen LogP contribution in [0, 0.1) is 6.92 Å². The summed E-state index contributed by atoms with van der Waals surface area (Å²) in [5, 5.41) is 8.03. The highest BCUT2D eigenvalue weighted by Gasteiger charge is 2.18. The van der Waals surface area contributed by atoms with Gasteiger partial charge in [-0.05, 0) is 37.3 Å². The van der Waals surface area contributed by atoms with Crippen LogP contribution in [-0.2, 0) is 16.6 Å². The minimum atomic E-state index is -3.79. The molecule has 0 saturated carbocycles. The van der Waals surface area contributed by atoms with Crippen LogP contribution < -0.4 is 9.46 Å². The maximum atomic E-state index is 12.4. The van der Waals surface area contributed by atoms with E-state index in [1.807, 2.05) is 31.2 Å². The van der Waals surface area contributed by atoms with Gasteiger partial charge in [0, 0.05) is 5.56 Å². The molecule has 9 heteroatoms. The van der Waals surface area contributed by atoms with Gasteiger partial charge in [-0.3, -0.25) is 0 Å². The molecule has 1 heterocycles. The summed E-state index contributed by atoms with van der Waals surface area (Å²) < 4.78 is 37.7. The van der Waals surface area contributed by atoms with Crippen LogP contribution in [0.5, 0.6) is 5.75 Å². The van der Waals surface area contributed by atoms with Gasteiger partial charge in [0.05, 0.1) is 23.6 Å². The van der Waals surface area contributed by atoms with Gasteiger partial charge in [0.15, 0.2) is 0 Å². The zero-order valence-electron chi connectivity index (χ0n) is 14.1. The molecule has 0 fully saturated rings. The molecule has 3 aromatic rings. The van der Waals surface area contributed by atoms with E-state index in [1.165, 1.54) is 25.3 Å². The fourth-order valence-corrected chi connectivity index (χ4v) is 3.60. The number of methoxy groups -OCH3 is 1. The molecule has 136 valence electrons. The van der Waals surface area contributed by atoms with E-state index in [1.54, 1.807) is 0 Å². The number of rotatable bonds is 6. The Bertz CT molecular complexity index is 1030. The first kappa shape index (κ1) is 18.4. The summed E-state index contributed by atoms with van der Waals surface area (Å²) in [5.74, 6) is 0.880. The minimum absolute atomic E-state index is 0.0155. The predicted molar refractivity (Wildman–Crippen MR) is 96.5 cm³/mol. The minimum Gasteiger partial charge on any atom is -0.495 e. The van der Waals surface area contributed by atoms with E-state index in [4.69, 9.17) is 20.8 Å². The van der Waals surface area contributed by atoms with Gasteiger partial charge in [-0.2, -0.15) is 0 Å². The highest BCUT2D eigenvalue weighted by Crippen LogP contribution is 2.27. The quantitative estimate of drug-likeness (QED) is 0.691. The Labute approximate surface area is 156 Å². The van der Waals surface area contributed by atoms with E-state index in [2.05, 4.69) is 14.9 Å². The second kappa shape index (κ2) is 7.45. The average Bonchev–Trinajstić information content (AvgIpc) is 3.09. The van der Waals surface area contributed by atoms with Crippen molar-refractivity contribution in [2.75, 3.05) is 7.11 Å². The topological polar surface area (TPSA) is 94.3 Å². The van der Waals surface area contributed by atoms with Crippen molar-refractivity contribution >= 4 is 21.6 Å². The Morgan fingerprint density at radius 2 is 2.00 bits per heavy atom. The summed E-state index contributed by atoms with van der Waals surface area (Å²) in [7, 11) is -2.33. The lowest BCUT2D eigenvalue weighted by Crippen LogP contribution is -2.23. The number of sulfonamides is 1. The highest BCUT2D eigenvalue weighted by atomic mass is 35.5. The van der Waals surface area contributed by atoms with Gasteiger partial charge in [0.25, 0.3) is 0 Å². The van der Waals surface area contributed by atoms with E-state index in [9.17, 15) is 8.42 Å². The largest absolute Gasteiger partial charge is 0.495 e. The molecule has 0 unspecified atom stereocenters. The summed E-state index contributed by atoms with van der Waals surface area (Å²) in [6.07, 6.45) is 0. The fourth-order valence-electron chi connectivity index (χ4n) is 2.27. The molecule has 26 heavy (non-hydrogen) atoms. The Balaban J connectivity index is 1.73. The lowest BCUT2D eigenvalue weighted by atomic mass is 10.1. The molecule has 0 spiro atoms. The third kappa shape index (κ3) is 4.04. The molecule has 1 aromatic heterocycles. The van der Waals surface area contributed by atoms with Crippen molar-refractivity contribution in [3.05, 3.63) is 58.9 Å². The van der Waals surface area contributed by atoms with Crippen molar-refractivity contribution in [2.24, 2.45) is 0 Å². The molecule has 0 aliphatic carbocycles. The zero-order valence-corrected chi connectivity index (χ0v) is 15.6. The number of hydrogen-bond acceptors (Lipinski definition) is 6. The van der Waals surface area contributed by atoms with Gasteiger partial charge in [0.1, 0.15) is 5.75 Å². The lowest BCUT2D eigenvalue weighted by Gasteiger charge is -2.07. The van der Waals surface area contributed by atoms with Crippen molar-refractivity contribution in [3.63, 3.8) is 0 Å². The first-order chi connectivity index (χ1) is 12.4. The van der Waals surface area contributed by atoms with E-state index in [0.717, 1.165) is 11.1 Å². The third-order valence-electron chi connectivity index (χ3n) is 3.58. The molecular formula is C17H16ClN3O4S. The molecule has 3 rings (SSSR count). The first-order valence-corrected chi connectivity index (χ1v) is 9.48. The Morgan fingerprint density at radius 1 is 1.19 bits per heavy atom. The van der Waals surface area contributed by atoms with Crippen LogP contribution in [0.25, 0.3) is 11.5 Å². The molecule has 0 bridgehead atoms. The number of aromatic nitrogens is 2. The predicted octanol–water partition coefficient (Wildman–Crippen LogP) is 3.19. The number of nitrogens with zero attached hydrogens (tertiary/aromatic N) is 2. The fraction of sp³-hybridized carbons (Fsp3) is 0.176. The summed E-state index contributed by atoms with van der Waals surface area (Å²) in [6.45, 7) is 1.82. The number of benzene rings is 2. The van der Waals surface area contributed by atoms with Gasteiger partial charge in [-0.1, -0.05) is 29.3 Å². The van der Waals surface area contributed by atoms with Gasteiger partial charge < -0.3 is 9.15 Å². The number of aryl methyl sites for hydroxylation is 1. The molecule has 0 atom stereocenters. The van der Waals surface area contributed by atoms with Crippen molar-refractivity contribution in [1.82, 2.24) is 14.9 Å². The molecule has 0 amide bonds. The smallest absolute Gasteiger partial charge is 0.247 e. The number of ether oxygens (including phenoxy) is 1. The van der Waals surface area contributed by atoms with E-state index in [0.29, 0.717) is 11.6 Å². The van der Waals surface area contributed by atoms with Crippen LogP contribution >= 0.6 is 11.6 Å². The second-order valence-electron chi connectivity index (χ2n) is 5.49. The summed E-state index contributed by atoms with van der Waals surface area (Å²) >= 11 is 5.98. The van der Waals surface area contributed by atoms with Crippen LogP contribution in [0.2, 0.25) is 5.02 Å². The van der Waals surface area contributed by atoms with Crippen LogP contribution in [0.1, 0.15) is 11.5 Å². The Hall–Kier alpha value is -2.42. The monoisotopic (exact) mass is 393 g/mol. The zero-order chi connectivity index (χ0) is 18.7. The normalized spacial score (nSPS) is 11.5. The summed E-state index contributed by atoms with van der Waals surface area (Å²) in [6, 6.07) is 11.8. The SMILES string of the molecule is COc1ccc(S(=O)(=O)NCc2nnc(-c3cccc(C)c3)o2)cc1Cl. The van der Waals surface area contributed by atoms with Crippen molar-refractivity contribution < 1.29 is 17.6 Å². The molecular weight excluding hydrogens is 378 g/mol. The molecule has 2 aromatic carbocycles. The third-order valence-corrected chi connectivity index (χ3v) is 5.27. The first-order valence-electron chi connectivity index (χ1n) is 7.61. The van der Waals surface area contributed by atoms with E-state index < -0.39 is 10.0 Å². The Morgan fingerprint density at radius 3 is 2.69 bits per heavy atom. The number of nitrogens with one attached hydrogen (secondary N) is 1. The molecule has 7 nitrogen and oxygen atoms in total. The highest BCUT2D eigenvalue weighted by molar-refractivity contribution is 7.89. The van der Waals surface area contributed by atoms with Crippen LogP contribution in [0.4, 0.5) is 0 Å². The second-order valence-corrected chi connectivity index (χ2v) is 7.67. The maximum absolute atomic E-state index is 12.4. The maximum Gasteiger partial charge on any atom is 0.247 e. The van der Waals surface area contributed by atoms with Gasteiger partial charge >= 0.3 is 0 Å². The van der Waals surface area contributed by atoms with Crippen molar-refractivity contribution in [1.29, 1.82) is 0 Å². The average molecular weight is 394 g/mol. The number of hydrogen-bond donors (Lipinski definition) is 1. The van der Waals surface area contributed by atoms with Gasteiger partial charge in [-0.25, -0.2) is 13.1 Å². The number of halogens is 1. The Kier molecular flexibility index (Phi) is 5.26. The molecule has 0 radical (unpaired) electrons. The summed E-state index contributed by atoms with van der Waals surface area (Å²) in [5.41, 5.74) is 1.83. The van der Waals surface area contributed by atoms with E-state index in [-0.39, 0.29) is 22.4 Å². The van der Waals surface area contributed by atoms with Crippen LogP contribution in [-0.4, -0.2) is 25.7 Å². The van der Waals surface area contributed by atoms with Crippen LogP contribution in [0.3, 0.4) is 0 Å². The van der Waals surface area contributed by atoms with Crippen molar-refractivity contribution in [2.45, 2.75) is 18.4 Å². The molecule has 0 saturated heterocycles. The van der Waals surface area contributed by atoms with Gasteiger partial charge in [0.2, 0.25) is 21.8 Å². The van der Waals surface area contributed by atoms with Crippen LogP contribution in [0.15, 0.2) is 51.8 Å². The molecule has 1 N–H and O–H groups in total. The summed E-state index contributed by atoms with van der Waals surface area (Å²) in [4.78, 5) is 0.0155. The van der Waals surface area contributed by atoms with Crippen molar-refractivity contribution in [3.8, 4) is 17.2 Å². The van der Waals surface area contributed by atoms with Gasteiger partial charge in [-0.15, -0.1) is 10.2 Å². The lowest BCUT2D eigenvalue weighted by molar-refractivity contribution is 0.414. The van der Waals surface area contributed by atoms with E-state index >= 15 is 0 Å². The standard InChI is InChI=1S/C17H16ClN3O4S/c1-11-4-3-5-12(8-11)17-21-20-16(25-17)10-19-26(22,23)13-6-7-15(24-2)14(18)9-13/h3-9,19H,10H2,1-2H3. The molecule has 0 aliphatic heterocycles. The molecule has 0 aliphatic rings.